The Morgan fingerprint density at radius 2 is 1.79 bits per heavy atom. The van der Waals surface area contributed by atoms with Crippen molar-refractivity contribution in [1.82, 2.24) is 8.87 Å². The molecule has 19 heavy (non-hydrogen) atoms. The molecule has 0 spiro atoms. The van der Waals surface area contributed by atoms with Gasteiger partial charge in [0.2, 0.25) is 10.0 Å². The first kappa shape index (κ1) is 16.5. The summed E-state index contributed by atoms with van der Waals surface area (Å²) in [6.07, 6.45) is 3.32. The minimum atomic E-state index is -3.39. The molecule has 1 aromatic heterocycles. The first-order chi connectivity index (χ1) is 9.01. The fraction of sp³-hybridized carbons (Fsp3) is 0.692. The molecule has 0 amide bonds. The van der Waals surface area contributed by atoms with E-state index in [9.17, 15) is 8.42 Å². The van der Waals surface area contributed by atoms with E-state index in [1.807, 2.05) is 25.3 Å². The summed E-state index contributed by atoms with van der Waals surface area (Å²) < 4.78 is 28.6. The van der Waals surface area contributed by atoms with Crippen molar-refractivity contribution in [2.24, 2.45) is 0 Å². The highest BCUT2D eigenvalue weighted by Gasteiger charge is 2.25. The van der Waals surface area contributed by atoms with Crippen molar-refractivity contribution < 1.29 is 8.42 Å². The van der Waals surface area contributed by atoms with Gasteiger partial charge in [-0.3, -0.25) is 0 Å². The summed E-state index contributed by atoms with van der Waals surface area (Å²) in [6, 6.07) is 1.68. The standard InChI is InChI=1S/C13H23ClN2O2S/c1-4-7-16(8-5-2)19(17,18)13-9-12(10-14)15(6-3)11-13/h9,11H,4-8,10H2,1-3H3. The van der Waals surface area contributed by atoms with E-state index in [4.69, 9.17) is 11.6 Å². The number of hydrogen-bond donors (Lipinski definition) is 0. The van der Waals surface area contributed by atoms with Gasteiger partial charge in [-0.1, -0.05) is 13.8 Å². The zero-order chi connectivity index (χ0) is 14.5. The van der Waals surface area contributed by atoms with Crippen LogP contribution in [-0.4, -0.2) is 30.4 Å². The summed E-state index contributed by atoms with van der Waals surface area (Å²) in [6.45, 7) is 7.79. The summed E-state index contributed by atoms with van der Waals surface area (Å²) in [5, 5.41) is 0. The lowest BCUT2D eigenvalue weighted by Crippen LogP contribution is -2.32. The third kappa shape index (κ3) is 3.74. The van der Waals surface area contributed by atoms with E-state index in [2.05, 4.69) is 0 Å². The smallest absolute Gasteiger partial charge is 0.244 e. The van der Waals surface area contributed by atoms with E-state index in [0.29, 0.717) is 23.9 Å². The van der Waals surface area contributed by atoms with Gasteiger partial charge in [-0.05, 0) is 25.8 Å². The van der Waals surface area contributed by atoms with Crippen molar-refractivity contribution in [2.75, 3.05) is 13.1 Å². The van der Waals surface area contributed by atoms with Crippen LogP contribution in [0, 0.1) is 0 Å². The number of aryl methyl sites for hydroxylation is 1. The molecule has 0 aliphatic rings. The zero-order valence-corrected chi connectivity index (χ0v) is 13.5. The number of hydrogen-bond acceptors (Lipinski definition) is 2. The Bertz CT molecular complexity index is 469. The summed E-state index contributed by atoms with van der Waals surface area (Å²) in [4.78, 5) is 0.354. The number of sulfonamides is 1. The normalized spacial score (nSPS) is 12.3. The molecule has 0 N–H and O–H groups in total. The monoisotopic (exact) mass is 306 g/mol. The van der Waals surface area contributed by atoms with Crippen molar-refractivity contribution in [3.8, 4) is 0 Å². The van der Waals surface area contributed by atoms with E-state index >= 15 is 0 Å². The molecule has 0 aliphatic heterocycles. The average molecular weight is 307 g/mol. The van der Waals surface area contributed by atoms with Gasteiger partial charge in [-0.15, -0.1) is 11.6 Å². The van der Waals surface area contributed by atoms with Crippen LogP contribution in [0.15, 0.2) is 17.2 Å². The van der Waals surface area contributed by atoms with Crippen molar-refractivity contribution >= 4 is 21.6 Å². The van der Waals surface area contributed by atoms with E-state index < -0.39 is 10.0 Å². The Morgan fingerprint density at radius 3 is 2.16 bits per heavy atom. The van der Waals surface area contributed by atoms with E-state index in [1.54, 1.807) is 16.6 Å². The first-order valence-corrected chi connectivity index (χ1v) is 8.73. The predicted octanol–water partition coefficient (Wildman–Crippen LogP) is 3.06. The number of rotatable bonds is 8. The van der Waals surface area contributed by atoms with Gasteiger partial charge in [0.15, 0.2) is 0 Å². The molecule has 1 aromatic rings. The van der Waals surface area contributed by atoms with Crippen LogP contribution in [0.4, 0.5) is 0 Å². The fourth-order valence-electron chi connectivity index (χ4n) is 2.07. The molecule has 1 rings (SSSR count). The molecule has 110 valence electrons. The van der Waals surface area contributed by atoms with Gasteiger partial charge >= 0.3 is 0 Å². The molecular formula is C13H23ClN2O2S. The highest BCUT2D eigenvalue weighted by atomic mass is 35.5. The molecule has 0 radical (unpaired) electrons. The molecule has 0 aromatic carbocycles. The Morgan fingerprint density at radius 1 is 1.21 bits per heavy atom. The van der Waals surface area contributed by atoms with Gasteiger partial charge < -0.3 is 4.57 Å². The summed E-state index contributed by atoms with van der Waals surface area (Å²) in [7, 11) is -3.39. The first-order valence-electron chi connectivity index (χ1n) is 6.76. The zero-order valence-electron chi connectivity index (χ0n) is 11.9. The summed E-state index contributed by atoms with van der Waals surface area (Å²) in [5.41, 5.74) is 0.843. The maximum Gasteiger partial charge on any atom is 0.244 e. The van der Waals surface area contributed by atoms with Crippen LogP contribution in [-0.2, 0) is 22.4 Å². The number of aromatic nitrogens is 1. The minimum Gasteiger partial charge on any atom is -0.349 e. The van der Waals surface area contributed by atoms with E-state index in [-0.39, 0.29) is 0 Å². The molecule has 0 saturated heterocycles. The molecular weight excluding hydrogens is 284 g/mol. The topological polar surface area (TPSA) is 42.3 Å². The van der Waals surface area contributed by atoms with Gasteiger partial charge in [0.25, 0.3) is 0 Å². The van der Waals surface area contributed by atoms with Gasteiger partial charge in [0, 0.05) is 31.5 Å². The summed E-state index contributed by atoms with van der Waals surface area (Å²) in [5.74, 6) is 0.324. The molecule has 0 aliphatic carbocycles. The van der Waals surface area contributed by atoms with Gasteiger partial charge in [0.1, 0.15) is 4.90 Å². The predicted molar refractivity (Wildman–Crippen MR) is 79.0 cm³/mol. The largest absolute Gasteiger partial charge is 0.349 e. The summed E-state index contributed by atoms with van der Waals surface area (Å²) >= 11 is 5.85. The van der Waals surface area contributed by atoms with Crippen LogP contribution >= 0.6 is 11.6 Å². The molecule has 0 atom stereocenters. The quantitative estimate of drug-likeness (QED) is 0.693. The maximum absolute atomic E-state index is 12.6. The van der Waals surface area contributed by atoms with Crippen LogP contribution in [0.25, 0.3) is 0 Å². The third-order valence-electron chi connectivity index (χ3n) is 3.02. The van der Waals surface area contributed by atoms with Gasteiger partial charge in [0.05, 0.1) is 5.88 Å². The molecule has 0 saturated carbocycles. The van der Waals surface area contributed by atoms with Crippen LogP contribution in [0.1, 0.15) is 39.3 Å². The SMILES string of the molecule is CCCN(CCC)S(=O)(=O)c1cc(CCl)n(CC)c1. The Kier molecular flexibility index (Phi) is 6.36. The Balaban J connectivity index is 3.13. The molecule has 6 heteroatoms. The highest BCUT2D eigenvalue weighted by molar-refractivity contribution is 7.89. The second kappa shape index (κ2) is 7.31. The van der Waals surface area contributed by atoms with Gasteiger partial charge in [-0.2, -0.15) is 4.31 Å². The highest BCUT2D eigenvalue weighted by Crippen LogP contribution is 2.21. The van der Waals surface area contributed by atoms with Crippen LogP contribution in [0.5, 0.6) is 0 Å². The van der Waals surface area contributed by atoms with E-state index in [0.717, 1.165) is 25.1 Å². The van der Waals surface area contributed by atoms with Crippen LogP contribution in [0.2, 0.25) is 0 Å². The molecule has 0 unspecified atom stereocenters. The van der Waals surface area contributed by atoms with Crippen LogP contribution in [0.3, 0.4) is 0 Å². The number of alkyl halides is 1. The van der Waals surface area contributed by atoms with Gasteiger partial charge in [-0.25, -0.2) is 8.42 Å². The lowest BCUT2D eigenvalue weighted by molar-refractivity contribution is 0.410. The molecule has 4 nitrogen and oxygen atoms in total. The van der Waals surface area contributed by atoms with E-state index in [1.165, 1.54) is 0 Å². The second-order valence-corrected chi connectivity index (χ2v) is 6.70. The molecule has 1 heterocycles. The van der Waals surface area contributed by atoms with Crippen molar-refractivity contribution in [3.63, 3.8) is 0 Å². The molecule has 0 bridgehead atoms. The molecule has 0 fully saturated rings. The lowest BCUT2D eigenvalue weighted by atomic mass is 10.4. The third-order valence-corrected chi connectivity index (χ3v) is 5.16. The average Bonchev–Trinajstić information content (AvgIpc) is 2.82. The second-order valence-electron chi connectivity index (χ2n) is 4.49. The minimum absolute atomic E-state index is 0.324. The van der Waals surface area contributed by atoms with Crippen molar-refractivity contribution in [2.45, 2.75) is 50.9 Å². The maximum atomic E-state index is 12.6. The number of halogens is 1. The fourth-order valence-corrected chi connectivity index (χ4v) is 3.99. The number of nitrogens with zero attached hydrogens (tertiary/aromatic N) is 2. The Hall–Kier alpha value is -0.520. The van der Waals surface area contributed by atoms with Crippen LogP contribution < -0.4 is 0 Å². The van der Waals surface area contributed by atoms with Crippen molar-refractivity contribution in [1.29, 1.82) is 0 Å². The van der Waals surface area contributed by atoms with Crippen molar-refractivity contribution in [3.05, 3.63) is 18.0 Å². The Labute approximate surface area is 121 Å². The lowest BCUT2D eigenvalue weighted by Gasteiger charge is -2.20.